The van der Waals surface area contributed by atoms with Crippen molar-refractivity contribution in [2.45, 2.75) is 58.9 Å². The van der Waals surface area contributed by atoms with Crippen molar-refractivity contribution in [1.82, 2.24) is 10.2 Å². The predicted octanol–water partition coefficient (Wildman–Crippen LogP) is 1.52. The molecule has 0 spiro atoms. The second kappa shape index (κ2) is 6.10. The van der Waals surface area contributed by atoms with Gasteiger partial charge >= 0.3 is 0 Å². The normalized spacial score (nSPS) is 26.9. The van der Waals surface area contributed by atoms with E-state index >= 15 is 0 Å². The van der Waals surface area contributed by atoms with E-state index in [2.05, 4.69) is 37.9 Å². The van der Waals surface area contributed by atoms with Crippen molar-refractivity contribution in [3.63, 3.8) is 0 Å². The molecule has 4 nitrogen and oxygen atoms in total. The van der Waals surface area contributed by atoms with Crippen LogP contribution in [0.4, 0.5) is 0 Å². The molecular formula is C14H30N2O2S. The van der Waals surface area contributed by atoms with Gasteiger partial charge < -0.3 is 5.32 Å². The highest BCUT2D eigenvalue weighted by atomic mass is 32.2. The fourth-order valence-corrected chi connectivity index (χ4v) is 3.25. The molecule has 1 rings (SSSR count). The van der Waals surface area contributed by atoms with E-state index in [0.717, 1.165) is 13.1 Å². The van der Waals surface area contributed by atoms with Crippen LogP contribution in [0.2, 0.25) is 0 Å². The van der Waals surface area contributed by atoms with Crippen LogP contribution in [0.15, 0.2) is 0 Å². The summed E-state index contributed by atoms with van der Waals surface area (Å²) in [4.78, 5) is 2.31. The Kier molecular flexibility index (Phi) is 5.43. The van der Waals surface area contributed by atoms with Gasteiger partial charge in [0.2, 0.25) is 0 Å². The highest BCUT2D eigenvalue weighted by Crippen LogP contribution is 2.23. The van der Waals surface area contributed by atoms with Crippen molar-refractivity contribution in [3.8, 4) is 0 Å². The van der Waals surface area contributed by atoms with Crippen LogP contribution in [0.1, 0.15) is 41.5 Å². The molecule has 1 aliphatic rings. The van der Waals surface area contributed by atoms with Gasteiger partial charge in [0, 0.05) is 31.7 Å². The van der Waals surface area contributed by atoms with Gasteiger partial charge in [-0.25, -0.2) is 8.42 Å². The Morgan fingerprint density at radius 3 is 2.37 bits per heavy atom. The second-order valence-electron chi connectivity index (χ2n) is 7.09. The minimum Gasteiger partial charge on any atom is -0.311 e. The SMILES string of the molecule is CC1CNC(C(C)(C)C)CN1CCS(=O)(=O)C(C)C. The van der Waals surface area contributed by atoms with Crippen LogP contribution < -0.4 is 5.32 Å². The smallest absolute Gasteiger partial charge is 0.153 e. The van der Waals surface area contributed by atoms with Crippen LogP contribution in [0.5, 0.6) is 0 Å². The van der Waals surface area contributed by atoms with Gasteiger partial charge in [0.15, 0.2) is 9.84 Å². The van der Waals surface area contributed by atoms with Crippen molar-refractivity contribution < 1.29 is 8.42 Å². The Labute approximate surface area is 118 Å². The van der Waals surface area contributed by atoms with Crippen molar-refractivity contribution in [2.24, 2.45) is 5.41 Å². The van der Waals surface area contributed by atoms with Crippen LogP contribution in [-0.4, -0.2) is 56.0 Å². The number of piperazine rings is 1. The minimum absolute atomic E-state index is 0.204. The summed E-state index contributed by atoms with van der Waals surface area (Å²) < 4.78 is 23.8. The van der Waals surface area contributed by atoms with E-state index in [1.54, 1.807) is 13.8 Å². The van der Waals surface area contributed by atoms with Crippen molar-refractivity contribution in [3.05, 3.63) is 0 Å². The number of nitrogens with one attached hydrogen (secondary N) is 1. The third kappa shape index (κ3) is 4.72. The summed E-state index contributed by atoms with van der Waals surface area (Å²) >= 11 is 0. The van der Waals surface area contributed by atoms with Crippen LogP contribution in [0.25, 0.3) is 0 Å². The molecule has 1 aliphatic heterocycles. The lowest BCUT2D eigenvalue weighted by Crippen LogP contribution is -2.60. The van der Waals surface area contributed by atoms with Gasteiger partial charge in [-0.1, -0.05) is 20.8 Å². The van der Waals surface area contributed by atoms with E-state index in [0.29, 0.717) is 18.6 Å². The molecule has 0 aliphatic carbocycles. The third-order valence-electron chi connectivity index (χ3n) is 4.13. The molecule has 2 atom stereocenters. The molecule has 2 unspecified atom stereocenters. The maximum atomic E-state index is 11.9. The lowest BCUT2D eigenvalue weighted by atomic mass is 9.85. The van der Waals surface area contributed by atoms with Gasteiger partial charge in [-0.2, -0.15) is 0 Å². The average molecular weight is 290 g/mol. The Morgan fingerprint density at radius 1 is 1.32 bits per heavy atom. The largest absolute Gasteiger partial charge is 0.311 e. The Balaban J connectivity index is 2.61. The zero-order valence-corrected chi connectivity index (χ0v) is 14.0. The van der Waals surface area contributed by atoms with E-state index in [1.165, 1.54) is 0 Å². The zero-order chi connectivity index (χ0) is 14.8. The van der Waals surface area contributed by atoms with E-state index < -0.39 is 9.84 Å². The summed E-state index contributed by atoms with van der Waals surface area (Å²) in [7, 11) is -2.94. The molecule has 5 heteroatoms. The fourth-order valence-electron chi connectivity index (χ4n) is 2.29. The van der Waals surface area contributed by atoms with Crippen molar-refractivity contribution in [1.29, 1.82) is 0 Å². The van der Waals surface area contributed by atoms with Crippen molar-refractivity contribution >= 4 is 9.84 Å². The van der Waals surface area contributed by atoms with Crippen LogP contribution in [0, 0.1) is 5.41 Å². The third-order valence-corrected chi connectivity index (χ3v) is 6.31. The Hall–Kier alpha value is -0.130. The first-order valence-electron chi connectivity index (χ1n) is 7.23. The highest BCUT2D eigenvalue weighted by molar-refractivity contribution is 7.92. The molecule has 1 fully saturated rings. The standard InChI is InChI=1S/C14H30N2O2S/c1-11(2)19(17,18)8-7-16-10-13(14(4,5)6)15-9-12(16)3/h11-13,15H,7-10H2,1-6H3. The molecule has 1 heterocycles. The lowest BCUT2D eigenvalue weighted by Gasteiger charge is -2.44. The number of hydrogen-bond acceptors (Lipinski definition) is 4. The molecule has 0 saturated carbocycles. The summed E-state index contributed by atoms with van der Waals surface area (Å²) in [6.45, 7) is 14.9. The number of nitrogens with zero attached hydrogens (tertiary/aromatic N) is 1. The molecule has 1 saturated heterocycles. The average Bonchev–Trinajstić information content (AvgIpc) is 2.26. The summed E-state index contributed by atoms with van der Waals surface area (Å²) in [5.41, 5.74) is 0.204. The first-order valence-corrected chi connectivity index (χ1v) is 8.94. The van der Waals surface area contributed by atoms with Gasteiger partial charge in [-0.3, -0.25) is 4.90 Å². The van der Waals surface area contributed by atoms with E-state index in [9.17, 15) is 8.42 Å². The van der Waals surface area contributed by atoms with Crippen LogP contribution in [-0.2, 0) is 9.84 Å². The van der Waals surface area contributed by atoms with Gasteiger partial charge in [0.25, 0.3) is 0 Å². The maximum absolute atomic E-state index is 11.9. The highest BCUT2D eigenvalue weighted by Gasteiger charge is 2.32. The van der Waals surface area contributed by atoms with Gasteiger partial charge in [0.1, 0.15) is 0 Å². The number of hydrogen-bond donors (Lipinski definition) is 1. The van der Waals surface area contributed by atoms with E-state index in [4.69, 9.17) is 0 Å². The van der Waals surface area contributed by atoms with Crippen LogP contribution >= 0.6 is 0 Å². The molecule has 0 aromatic carbocycles. The number of sulfone groups is 1. The minimum atomic E-state index is -2.94. The molecule has 19 heavy (non-hydrogen) atoms. The Bertz CT molecular complexity index is 385. The summed E-state index contributed by atoms with van der Waals surface area (Å²) in [5, 5.41) is 3.29. The molecule has 114 valence electrons. The second-order valence-corrected chi connectivity index (χ2v) is 9.76. The number of rotatable bonds is 4. The first-order chi connectivity index (χ1) is 8.54. The molecule has 1 N–H and O–H groups in total. The maximum Gasteiger partial charge on any atom is 0.153 e. The fraction of sp³-hybridized carbons (Fsp3) is 1.00. The molecule has 0 amide bonds. The Morgan fingerprint density at radius 2 is 1.89 bits per heavy atom. The summed E-state index contributed by atoms with van der Waals surface area (Å²) in [5.74, 6) is 0.270. The zero-order valence-electron chi connectivity index (χ0n) is 13.2. The lowest BCUT2D eigenvalue weighted by molar-refractivity contribution is 0.0992. The van der Waals surface area contributed by atoms with Gasteiger partial charge in [-0.05, 0) is 26.2 Å². The molecule has 0 radical (unpaired) electrons. The van der Waals surface area contributed by atoms with Gasteiger partial charge in [0.05, 0.1) is 11.0 Å². The van der Waals surface area contributed by atoms with Gasteiger partial charge in [-0.15, -0.1) is 0 Å². The van der Waals surface area contributed by atoms with Crippen molar-refractivity contribution in [2.75, 3.05) is 25.4 Å². The monoisotopic (exact) mass is 290 g/mol. The topological polar surface area (TPSA) is 49.4 Å². The molecule has 0 aromatic rings. The quantitative estimate of drug-likeness (QED) is 0.853. The summed E-state index contributed by atoms with van der Waals surface area (Å²) in [6, 6.07) is 0.825. The van der Waals surface area contributed by atoms with E-state index in [-0.39, 0.29) is 16.4 Å². The predicted molar refractivity (Wildman–Crippen MR) is 81.2 cm³/mol. The molecule has 0 bridgehead atoms. The summed E-state index contributed by atoms with van der Waals surface area (Å²) in [6.07, 6.45) is 0. The first kappa shape index (κ1) is 16.9. The molecule has 0 aromatic heterocycles. The van der Waals surface area contributed by atoms with Crippen LogP contribution in [0.3, 0.4) is 0 Å². The van der Waals surface area contributed by atoms with E-state index in [1.807, 2.05) is 0 Å². The molecular weight excluding hydrogens is 260 g/mol.